The van der Waals surface area contributed by atoms with E-state index in [1.54, 1.807) is 0 Å². The molecule has 3 nitrogen and oxygen atoms in total. The number of rotatable bonds is 1. The molecule has 0 amide bonds. The fourth-order valence-electron chi connectivity index (χ4n) is 2.05. The largest absolute Gasteiger partial charge is 0.324 e. The van der Waals surface area contributed by atoms with Crippen LogP contribution in [0.15, 0.2) is 12.4 Å². The quantitative estimate of drug-likeness (QED) is 0.722. The van der Waals surface area contributed by atoms with E-state index in [1.807, 2.05) is 19.3 Å². The highest BCUT2D eigenvalue weighted by Crippen LogP contribution is 2.23. The molecule has 0 radical (unpaired) electrons. The van der Waals surface area contributed by atoms with Gasteiger partial charge in [-0.3, -0.25) is 4.98 Å². The first-order valence-electron chi connectivity index (χ1n) is 5.08. The molecule has 1 aliphatic rings. The van der Waals surface area contributed by atoms with Crippen LogP contribution in [0.25, 0.3) is 0 Å². The first-order chi connectivity index (χ1) is 6.68. The van der Waals surface area contributed by atoms with Gasteiger partial charge in [0.25, 0.3) is 0 Å². The molecule has 0 aromatic carbocycles. The summed E-state index contributed by atoms with van der Waals surface area (Å²) in [5.74, 6) is 0. The average molecular weight is 191 g/mol. The number of nitrogens with two attached hydrogens (primary N) is 1. The van der Waals surface area contributed by atoms with Crippen LogP contribution >= 0.6 is 0 Å². The topological polar surface area (TPSA) is 42.1 Å². The summed E-state index contributed by atoms with van der Waals surface area (Å²) in [5, 5.41) is 0. The van der Waals surface area contributed by atoms with Crippen molar-refractivity contribution < 1.29 is 0 Å². The van der Waals surface area contributed by atoms with Crippen LogP contribution in [0.2, 0.25) is 0 Å². The van der Waals surface area contributed by atoms with Crippen molar-refractivity contribution in [2.24, 2.45) is 5.73 Å². The van der Waals surface area contributed by atoms with Crippen LogP contribution in [0.4, 0.5) is 0 Å². The van der Waals surface area contributed by atoms with Gasteiger partial charge in [-0.15, -0.1) is 0 Å². The van der Waals surface area contributed by atoms with Crippen LogP contribution in [0.3, 0.4) is 0 Å². The van der Waals surface area contributed by atoms with Crippen LogP contribution in [0.1, 0.15) is 29.7 Å². The highest BCUT2D eigenvalue weighted by atomic mass is 15.1. The van der Waals surface area contributed by atoms with Crippen molar-refractivity contribution in [3.8, 4) is 0 Å². The van der Waals surface area contributed by atoms with E-state index in [9.17, 15) is 0 Å². The molecule has 2 N–H and O–H groups in total. The Hall–Kier alpha value is -0.930. The number of pyridine rings is 1. The van der Waals surface area contributed by atoms with Crippen molar-refractivity contribution >= 4 is 0 Å². The van der Waals surface area contributed by atoms with Crippen LogP contribution in [-0.2, 0) is 13.0 Å². The second-order valence-corrected chi connectivity index (χ2v) is 4.14. The predicted molar refractivity (Wildman–Crippen MR) is 56.9 cm³/mol. The summed E-state index contributed by atoms with van der Waals surface area (Å²) >= 11 is 0. The van der Waals surface area contributed by atoms with Gasteiger partial charge in [-0.05, 0) is 37.1 Å². The molecule has 2 rings (SSSR count). The summed E-state index contributed by atoms with van der Waals surface area (Å²) in [6.07, 6.45) is 4.98. The Morgan fingerprint density at radius 2 is 2.29 bits per heavy atom. The molecule has 0 saturated carbocycles. The molecule has 2 heterocycles. The van der Waals surface area contributed by atoms with E-state index in [0.29, 0.717) is 0 Å². The van der Waals surface area contributed by atoms with Crippen molar-refractivity contribution in [3.63, 3.8) is 0 Å². The van der Waals surface area contributed by atoms with Crippen LogP contribution < -0.4 is 5.73 Å². The van der Waals surface area contributed by atoms with Crippen molar-refractivity contribution in [2.75, 3.05) is 13.6 Å². The van der Waals surface area contributed by atoms with Crippen molar-refractivity contribution in [2.45, 2.75) is 25.9 Å². The molecule has 76 valence electrons. The van der Waals surface area contributed by atoms with Gasteiger partial charge in [0.1, 0.15) is 0 Å². The zero-order valence-corrected chi connectivity index (χ0v) is 8.83. The SMILES string of the molecule is CC(N)c1cncc2c1CCN(C)C2. The van der Waals surface area contributed by atoms with E-state index < -0.39 is 0 Å². The number of likely N-dealkylation sites (N-methyl/N-ethyl adjacent to an activating group) is 1. The number of aromatic nitrogens is 1. The summed E-state index contributed by atoms with van der Waals surface area (Å²) < 4.78 is 0. The minimum Gasteiger partial charge on any atom is -0.324 e. The lowest BCUT2D eigenvalue weighted by atomic mass is 9.94. The molecular formula is C11H17N3. The lowest BCUT2D eigenvalue weighted by molar-refractivity contribution is 0.311. The molecule has 0 fully saturated rings. The third-order valence-electron chi connectivity index (χ3n) is 2.85. The van der Waals surface area contributed by atoms with Gasteiger partial charge in [0.15, 0.2) is 0 Å². The summed E-state index contributed by atoms with van der Waals surface area (Å²) in [4.78, 5) is 6.56. The number of hydrogen-bond acceptors (Lipinski definition) is 3. The summed E-state index contributed by atoms with van der Waals surface area (Å²) in [6.45, 7) is 4.15. The summed E-state index contributed by atoms with van der Waals surface area (Å²) in [7, 11) is 2.14. The van der Waals surface area contributed by atoms with Gasteiger partial charge in [-0.2, -0.15) is 0 Å². The molecule has 14 heavy (non-hydrogen) atoms. The molecular weight excluding hydrogens is 174 g/mol. The van der Waals surface area contributed by atoms with Crippen molar-refractivity contribution in [3.05, 3.63) is 29.1 Å². The van der Waals surface area contributed by atoms with Crippen molar-refractivity contribution in [1.82, 2.24) is 9.88 Å². The molecule has 1 aromatic heterocycles. The third kappa shape index (κ3) is 1.65. The Bertz CT molecular complexity index is 333. The molecule has 1 aliphatic heterocycles. The molecule has 0 bridgehead atoms. The fourth-order valence-corrected chi connectivity index (χ4v) is 2.05. The summed E-state index contributed by atoms with van der Waals surface area (Å²) in [6, 6.07) is 0.0980. The zero-order valence-electron chi connectivity index (χ0n) is 8.83. The van der Waals surface area contributed by atoms with E-state index in [0.717, 1.165) is 19.5 Å². The Morgan fingerprint density at radius 3 is 3.00 bits per heavy atom. The van der Waals surface area contributed by atoms with E-state index in [1.165, 1.54) is 16.7 Å². The molecule has 0 saturated heterocycles. The third-order valence-corrected chi connectivity index (χ3v) is 2.85. The van der Waals surface area contributed by atoms with Crippen LogP contribution in [-0.4, -0.2) is 23.5 Å². The summed E-state index contributed by atoms with van der Waals surface area (Å²) in [5.41, 5.74) is 9.90. The standard InChI is InChI=1S/C11H17N3/c1-8(12)11-6-13-5-9-7-14(2)4-3-10(9)11/h5-6,8H,3-4,7,12H2,1-2H3. The van der Waals surface area contributed by atoms with Gasteiger partial charge < -0.3 is 10.6 Å². The molecule has 1 aromatic rings. The van der Waals surface area contributed by atoms with Crippen LogP contribution in [0, 0.1) is 0 Å². The maximum Gasteiger partial charge on any atom is 0.0318 e. The Balaban J connectivity index is 2.41. The van der Waals surface area contributed by atoms with Gasteiger partial charge in [0, 0.05) is 31.5 Å². The molecule has 3 heteroatoms. The van der Waals surface area contributed by atoms with Gasteiger partial charge in [0.2, 0.25) is 0 Å². The van der Waals surface area contributed by atoms with Gasteiger partial charge in [0.05, 0.1) is 0 Å². The molecule has 1 unspecified atom stereocenters. The first kappa shape index (κ1) is 9.62. The maximum absolute atomic E-state index is 5.92. The van der Waals surface area contributed by atoms with Crippen LogP contribution in [0.5, 0.6) is 0 Å². The lowest BCUT2D eigenvalue weighted by Gasteiger charge is -2.27. The van der Waals surface area contributed by atoms with E-state index >= 15 is 0 Å². The maximum atomic E-state index is 5.92. The Labute approximate surface area is 84.9 Å². The monoisotopic (exact) mass is 191 g/mol. The highest BCUT2D eigenvalue weighted by Gasteiger charge is 2.17. The molecule has 0 spiro atoms. The fraction of sp³-hybridized carbons (Fsp3) is 0.545. The number of fused-ring (bicyclic) bond motifs is 1. The minimum atomic E-state index is 0.0980. The zero-order chi connectivity index (χ0) is 10.1. The van der Waals surface area contributed by atoms with E-state index in [-0.39, 0.29) is 6.04 Å². The molecule has 0 aliphatic carbocycles. The predicted octanol–water partition coefficient (Wildman–Crippen LogP) is 1.09. The molecule has 1 atom stereocenters. The normalized spacial score (nSPS) is 19.1. The van der Waals surface area contributed by atoms with Gasteiger partial charge in [-0.25, -0.2) is 0 Å². The minimum absolute atomic E-state index is 0.0980. The van der Waals surface area contributed by atoms with E-state index in [4.69, 9.17) is 5.73 Å². The number of hydrogen-bond donors (Lipinski definition) is 1. The average Bonchev–Trinajstić information content (AvgIpc) is 2.16. The number of nitrogens with zero attached hydrogens (tertiary/aromatic N) is 2. The highest BCUT2D eigenvalue weighted by molar-refractivity contribution is 5.35. The Morgan fingerprint density at radius 1 is 1.50 bits per heavy atom. The van der Waals surface area contributed by atoms with Gasteiger partial charge in [-0.1, -0.05) is 0 Å². The second kappa shape index (κ2) is 3.67. The van der Waals surface area contributed by atoms with E-state index in [2.05, 4.69) is 16.9 Å². The second-order valence-electron chi connectivity index (χ2n) is 4.14. The first-order valence-corrected chi connectivity index (χ1v) is 5.08. The smallest absolute Gasteiger partial charge is 0.0318 e. The lowest BCUT2D eigenvalue weighted by Crippen LogP contribution is -2.28. The Kier molecular flexibility index (Phi) is 2.52. The van der Waals surface area contributed by atoms with Gasteiger partial charge >= 0.3 is 0 Å². The van der Waals surface area contributed by atoms with Crippen molar-refractivity contribution in [1.29, 1.82) is 0 Å².